The van der Waals surface area contributed by atoms with Crippen molar-refractivity contribution in [3.8, 4) is 0 Å². The van der Waals surface area contributed by atoms with Gasteiger partial charge in [-0.1, -0.05) is 0 Å². The van der Waals surface area contributed by atoms with Crippen LogP contribution in [0.15, 0.2) is 12.1 Å². The van der Waals surface area contributed by atoms with Gasteiger partial charge in [-0.05, 0) is 6.26 Å². The number of nitrogens with two attached hydrogens (primary N) is 1. The Hall–Kier alpha value is -1.30. The van der Waals surface area contributed by atoms with Gasteiger partial charge >= 0.3 is 0 Å². The predicted octanol–water partition coefficient (Wildman–Crippen LogP) is 2.26. The minimum atomic E-state index is -0.676. The molecule has 0 amide bonds. The van der Waals surface area contributed by atoms with Gasteiger partial charge < -0.3 is 10.3 Å². The number of hydrogen-bond acceptors (Lipinski definition) is 3. The average Bonchev–Trinajstić information content (AvgIpc) is 2.53. The molecule has 0 unspecified atom stereocenters. The summed E-state index contributed by atoms with van der Waals surface area (Å²) in [6.07, 6.45) is 1.95. The third-order valence-corrected chi connectivity index (χ3v) is 2.91. The van der Waals surface area contributed by atoms with Crippen molar-refractivity contribution in [2.75, 3.05) is 17.7 Å². The van der Waals surface area contributed by atoms with Crippen LogP contribution in [0.5, 0.6) is 0 Å². The lowest BCUT2D eigenvalue weighted by atomic mass is 10.3. The van der Waals surface area contributed by atoms with Crippen LogP contribution in [0.4, 0.5) is 14.7 Å². The van der Waals surface area contributed by atoms with Crippen LogP contribution >= 0.6 is 11.8 Å². The number of anilines is 1. The lowest BCUT2D eigenvalue weighted by Crippen LogP contribution is -2.05. The SMILES string of the molecule is CSCCn1c(N)nc2c(F)cc(F)cc21. The van der Waals surface area contributed by atoms with E-state index in [9.17, 15) is 8.78 Å². The maximum atomic E-state index is 13.4. The van der Waals surface area contributed by atoms with Gasteiger partial charge in [-0.15, -0.1) is 0 Å². The molecule has 2 rings (SSSR count). The van der Waals surface area contributed by atoms with Gasteiger partial charge in [0.1, 0.15) is 11.3 Å². The number of fused-ring (bicyclic) bond motifs is 1. The molecule has 0 radical (unpaired) electrons. The van der Waals surface area contributed by atoms with Crippen molar-refractivity contribution in [2.24, 2.45) is 0 Å². The summed E-state index contributed by atoms with van der Waals surface area (Å²) in [5.74, 6) is -0.262. The molecule has 2 N–H and O–H groups in total. The first-order valence-corrected chi connectivity index (χ1v) is 6.12. The normalized spacial score (nSPS) is 11.2. The van der Waals surface area contributed by atoms with Gasteiger partial charge in [-0.3, -0.25) is 0 Å². The molecule has 3 nitrogen and oxygen atoms in total. The third kappa shape index (κ3) is 1.84. The topological polar surface area (TPSA) is 43.8 Å². The van der Waals surface area contributed by atoms with Gasteiger partial charge in [-0.2, -0.15) is 11.8 Å². The number of aromatic nitrogens is 2. The van der Waals surface area contributed by atoms with Crippen LogP contribution in [-0.4, -0.2) is 21.6 Å². The molecule has 2 aromatic rings. The van der Waals surface area contributed by atoms with Gasteiger partial charge in [0.2, 0.25) is 5.95 Å². The van der Waals surface area contributed by atoms with Crippen molar-refractivity contribution in [3.63, 3.8) is 0 Å². The zero-order valence-electron chi connectivity index (χ0n) is 8.70. The van der Waals surface area contributed by atoms with Crippen molar-refractivity contribution in [2.45, 2.75) is 6.54 Å². The van der Waals surface area contributed by atoms with E-state index in [4.69, 9.17) is 5.73 Å². The maximum absolute atomic E-state index is 13.4. The van der Waals surface area contributed by atoms with Crippen molar-refractivity contribution in [1.29, 1.82) is 0 Å². The number of halogens is 2. The lowest BCUT2D eigenvalue weighted by Gasteiger charge is -2.04. The molecule has 0 atom stereocenters. The largest absolute Gasteiger partial charge is 0.369 e. The fraction of sp³-hybridized carbons (Fsp3) is 0.300. The van der Waals surface area contributed by atoms with Crippen molar-refractivity contribution < 1.29 is 8.78 Å². The monoisotopic (exact) mass is 243 g/mol. The van der Waals surface area contributed by atoms with Crippen LogP contribution < -0.4 is 5.73 Å². The van der Waals surface area contributed by atoms with Crippen LogP contribution in [0.3, 0.4) is 0 Å². The van der Waals surface area contributed by atoms with Gasteiger partial charge in [0.15, 0.2) is 5.82 Å². The zero-order valence-corrected chi connectivity index (χ0v) is 9.52. The number of imidazole rings is 1. The van der Waals surface area contributed by atoms with E-state index < -0.39 is 11.6 Å². The van der Waals surface area contributed by atoms with Crippen molar-refractivity contribution >= 4 is 28.7 Å². The third-order valence-electron chi connectivity index (χ3n) is 2.32. The van der Waals surface area contributed by atoms with Crippen LogP contribution in [-0.2, 0) is 6.54 Å². The smallest absolute Gasteiger partial charge is 0.201 e. The molecule has 86 valence electrons. The van der Waals surface area contributed by atoms with Crippen LogP contribution in [0.25, 0.3) is 11.0 Å². The van der Waals surface area contributed by atoms with Crippen LogP contribution in [0.2, 0.25) is 0 Å². The van der Waals surface area contributed by atoms with E-state index in [0.29, 0.717) is 12.1 Å². The molecule has 0 fully saturated rings. The van der Waals surface area contributed by atoms with Gasteiger partial charge in [0.05, 0.1) is 5.52 Å². The first-order valence-electron chi connectivity index (χ1n) is 4.73. The second-order valence-electron chi connectivity index (χ2n) is 3.37. The maximum Gasteiger partial charge on any atom is 0.201 e. The summed E-state index contributed by atoms with van der Waals surface area (Å²) in [6.45, 7) is 0.590. The molecule has 0 saturated carbocycles. The highest BCUT2D eigenvalue weighted by Crippen LogP contribution is 2.22. The minimum Gasteiger partial charge on any atom is -0.369 e. The van der Waals surface area contributed by atoms with Crippen LogP contribution in [0.1, 0.15) is 0 Å². The van der Waals surface area contributed by atoms with Crippen LogP contribution in [0, 0.1) is 11.6 Å². The number of nitrogen functional groups attached to an aromatic ring is 1. The Balaban J connectivity index is 2.59. The Morgan fingerprint density at radius 1 is 1.44 bits per heavy atom. The molecule has 0 saturated heterocycles. The average molecular weight is 243 g/mol. The molecule has 6 heteroatoms. The Labute approximate surface area is 95.6 Å². The zero-order chi connectivity index (χ0) is 11.7. The molecule has 16 heavy (non-hydrogen) atoms. The molecule has 0 aliphatic heterocycles. The van der Waals surface area contributed by atoms with Gasteiger partial charge in [-0.25, -0.2) is 13.8 Å². The lowest BCUT2D eigenvalue weighted by molar-refractivity contribution is 0.590. The van der Waals surface area contributed by atoms with E-state index in [1.165, 1.54) is 6.07 Å². The molecular weight excluding hydrogens is 232 g/mol. The molecule has 1 aromatic carbocycles. The number of nitrogens with zero attached hydrogens (tertiary/aromatic N) is 2. The summed E-state index contributed by atoms with van der Waals surface area (Å²) in [5, 5.41) is 0. The van der Waals surface area contributed by atoms with Crippen molar-refractivity contribution in [1.82, 2.24) is 9.55 Å². The summed E-state index contributed by atoms with van der Waals surface area (Å²) in [7, 11) is 0. The Morgan fingerprint density at radius 2 is 2.19 bits per heavy atom. The molecule has 1 aromatic heterocycles. The summed E-state index contributed by atoms with van der Waals surface area (Å²) in [5.41, 5.74) is 6.20. The highest BCUT2D eigenvalue weighted by Gasteiger charge is 2.13. The number of hydrogen-bond donors (Lipinski definition) is 1. The predicted molar refractivity (Wildman–Crippen MR) is 62.4 cm³/mol. The van der Waals surface area contributed by atoms with E-state index in [1.807, 2.05) is 6.26 Å². The highest BCUT2D eigenvalue weighted by atomic mass is 32.2. The number of thioether (sulfide) groups is 1. The Bertz CT molecular complexity index is 524. The molecule has 0 aliphatic rings. The Morgan fingerprint density at radius 3 is 2.88 bits per heavy atom. The fourth-order valence-electron chi connectivity index (χ4n) is 1.58. The van der Waals surface area contributed by atoms with E-state index in [1.54, 1.807) is 16.3 Å². The summed E-state index contributed by atoms with van der Waals surface area (Å²) >= 11 is 1.63. The summed E-state index contributed by atoms with van der Waals surface area (Å²) < 4.78 is 28.1. The number of rotatable bonds is 3. The van der Waals surface area contributed by atoms with Crippen molar-refractivity contribution in [3.05, 3.63) is 23.8 Å². The number of benzene rings is 1. The molecule has 0 bridgehead atoms. The Kier molecular flexibility index (Phi) is 3.00. The molecular formula is C10H11F2N3S. The highest BCUT2D eigenvalue weighted by molar-refractivity contribution is 7.98. The molecule has 1 heterocycles. The molecule has 0 aliphatic carbocycles. The first kappa shape index (κ1) is 11.2. The van der Waals surface area contributed by atoms with Gasteiger partial charge in [0.25, 0.3) is 0 Å². The quantitative estimate of drug-likeness (QED) is 0.899. The van der Waals surface area contributed by atoms with E-state index in [0.717, 1.165) is 11.8 Å². The number of aryl methyl sites for hydroxylation is 1. The molecule has 0 spiro atoms. The second kappa shape index (κ2) is 4.29. The minimum absolute atomic E-state index is 0.125. The standard InChI is InChI=1S/C10H11F2N3S/c1-16-3-2-15-8-5-6(11)4-7(12)9(8)14-10(15)13/h4-5H,2-3H2,1H3,(H2,13,14). The van der Waals surface area contributed by atoms with Gasteiger partial charge in [0, 0.05) is 24.4 Å². The van der Waals surface area contributed by atoms with E-state index in [2.05, 4.69) is 4.98 Å². The van der Waals surface area contributed by atoms with E-state index in [-0.39, 0.29) is 11.5 Å². The summed E-state index contributed by atoms with van der Waals surface area (Å²) in [4.78, 5) is 3.90. The summed E-state index contributed by atoms with van der Waals surface area (Å²) in [6, 6.07) is 2.07. The second-order valence-corrected chi connectivity index (χ2v) is 4.36. The first-order chi connectivity index (χ1) is 7.63. The van der Waals surface area contributed by atoms with E-state index >= 15 is 0 Å². The fourth-order valence-corrected chi connectivity index (χ4v) is 1.95.